The van der Waals surface area contributed by atoms with E-state index < -0.39 is 0 Å². The van der Waals surface area contributed by atoms with Gasteiger partial charge in [-0.3, -0.25) is 9.69 Å². The Kier molecular flexibility index (Phi) is 4.61. The monoisotopic (exact) mass is 324 g/mol. The van der Waals surface area contributed by atoms with Gasteiger partial charge in [-0.2, -0.15) is 0 Å². The first-order valence-electron chi connectivity index (χ1n) is 7.66. The fourth-order valence-electron chi connectivity index (χ4n) is 3.25. The Labute approximate surface area is 135 Å². The molecule has 0 spiro atoms. The molecule has 22 heavy (non-hydrogen) atoms. The number of hydrogen-bond donors (Lipinski definition) is 0. The van der Waals surface area contributed by atoms with Gasteiger partial charge in [-0.25, -0.2) is 9.97 Å². The molecule has 0 bridgehead atoms. The Morgan fingerprint density at radius 2 is 2.09 bits per heavy atom. The van der Waals surface area contributed by atoms with Crippen molar-refractivity contribution in [3.63, 3.8) is 0 Å². The topological polar surface area (TPSA) is 58.6 Å². The van der Waals surface area contributed by atoms with Crippen molar-refractivity contribution in [2.75, 3.05) is 39.4 Å². The van der Waals surface area contributed by atoms with Crippen molar-refractivity contribution < 1.29 is 9.53 Å². The number of hydrogen-bond acceptors (Lipinski definition) is 5. The average molecular weight is 325 g/mol. The van der Waals surface area contributed by atoms with Crippen LogP contribution in [-0.2, 0) is 4.74 Å². The summed E-state index contributed by atoms with van der Waals surface area (Å²) in [4.78, 5) is 25.2. The number of aryl methyl sites for hydroxylation is 1. The normalized spacial score (nSPS) is 26.4. The van der Waals surface area contributed by atoms with Gasteiger partial charge >= 0.3 is 0 Å². The maximum absolute atomic E-state index is 12.7. The number of likely N-dealkylation sites (tertiary alicyclic amines) is 1. The Balaban J connectivity index is 1.73. The molecule has 3 heterocycles. The number of carbonyl (C=O) groups is 1. The lowest BCUT2D eigenvalue weighted by Crippen LogP contribution is -2.47. The fraction of sp³-hybridized carbons (Fsp3) is 0.667. The van der Waals surface area contributed by atoms with Crippen molar-refractivity contribution in [1.29, 1.82) is 0 Å². The fourth-order valence-corrected chi connectivity index (χ4v) is 3.43. The molecule has 1 amide bonds. The highest BCUT2D eigenvalue weighted by Gasteiger charge is 2.37. The van der Waals surface area contributed by atoms with Crippen LogP contribution in [0.2, 0.25) is 5.02 Å². The first kappa shape index (κ1) is 15.6. The Morgan fingerprint density at radius 1 is 1.36 bits per heavy atom. The molecule has 1 aromatic heterocycles. The summed E-state index contributed by atoms with van der Waals surface area (Å²) in [6, 6.07) is 0.384. The molecule has 2 atom stereocenters. The lowest BCUT2D eigenvalue weighted by molar-refractivity contribution is 0.0119. The van der Waals surface area contributed by atoms with Crippen molar-refractivity contribution >= 4 is 17.5 Å². The van der Waals surface area contributed by atoms with E-state index in [4.69, 9.17) is 16.3 Å². The molecule has 2 fully saturated rings. The quantitative estimate of drug-likeness (QED) is 0.819. The number of rotatable bonds is 2. The molecule has 7 heteroatoms. The van der Waals surface area contributed by atoms with Gasteiger partial charge in [-0.1, -0.05) is 18.5 Å². The highest BCUT2D eigenvalue weighted by atomic mass is 35.5. The average Bonchev–Trinajstić information content (AvgIpc) is 2.92. The van der Waals surface area contributed by atoms with E-state index in [0.29, 0.717) is 28.5 Å². The SMILES string of the molecule is Cc1ncc(Cl)c(C(=O)N2C[C@@H](N3CCOCC3)[C@@H](C)C2)n1. The third kappa shape index (κ3) is 3.09. The molecule has 2 saturated heterocycles. The molecule has 0 aliphatic carbocycles. The predicted octanol–water partition coefficient (Wildman–Crippen LogP) is 1.23. The van der Waals surface area contributed by atoms with E-state index >= 15 is 0 Å². The van der Waals surface area contributed by atoms with Crippen molar-refractivity contribution in [2.24, 2.45) is 5.92 Å². The van der Waals surface area contributed by atoms with Crippen LogP contribution >= 0.6 is 11.6 Å². The van der Waals surface area contributed by atoms with E-state index in [9.17, 15) is 4.79 Å². The van der Waals surface area contributed by atoms with E-state index in [1.54, 1.807) is 6.92 Å². The standard InChI is InChI=1S/C15H21ClN4O2/c1-10-8-20(9-13(10)19-3-5-22-6-4-19)15(21)14-12(16)7-17-11(2)18-14/h7,10,13H,3-6,8-9H2,1-2H3/t10-,13+/m0/s1. The minimum absolute atomic E-state index is 0.0990. The van der Waals surface area contributed by atoms with E-state index in [1.807, 2.05) is 4.90 Å². The summed E-state index contributed by atoms with van der Waals surface area (Å²) < 4.78 is 5.41. The Hall–Kier alpha value is -1.24. The van der Waals surface area contributed by atoms with Crippen LogP contribution in [0, 0.1) is 12.8 Å². The molecule has 0 aromatic carbocycles. The number of ether oxygens (including phenoxy) is 1. The summed E-state index contributed by atoms with van der Waals surface area (Å²) in [5.74, 6) is 0.895. The molecular formula is C15H21ClN4O2. The number of amides is 1. The molecule has 0 saturated carbocycles. The summed E-state index contributed by atoms with van der Waals surface area (Å²) in [7, 11) is 0. The van der Waals surface area contributed by atoms with E-state index in [2.05, 4.69) is 21.8 Å². The van der Waals surface area contributed by atoms with Gasteiger partial charge in [-0.15, -0.1) is 0 Å². The van der Waals surface area contributed by atoms with Gasteiger partial charge in [-0.05, 0) is 12.8 Å². The lowest BCUT2D eigenvalue weighted by atomic mass is 10.0. The van der Waals surface area contributed by atoms with Gasteiger partial charge < -0.3 is 9.64 Å². The van der Waals surface area contributed by atoms with Crippen LogP contribution in [0.15, 0.2) is 6.20 Å². The second-order valence-electron chi connectivity index (χ2n) is 6.02. The zero-order valence-corrected chi connectivity index (χ0v) is 13.7. The van der Waals surface area contributed by atoms with Crippen molar-refractivity contribution in [2.45, 2.75) is 19.9 Å². The Morgan fingerprint density at radius 3 is 2.82 bits per heavy atom. The minimum Gasteiger partial charge on any atom is -0.379 e. The molecule has 0 N–H and O–H groups in total. The van der Waals surface area contributed by atoms with Gasteiger partial charge in [0.15, 0.2) is 5.69 Å². The molecule has 3 rings (SSSR count). The van der Waals surface area contributed by atoms with Crippen LogP contribution in [0.4, 0.5) is 0 Å². The predicted molar refractivity (Wildman–Crippen MR) is 83.0 cm³/mol. The molecule has 0 unspecified atom stereocenters. The molecule has 2 aliphatic heterocycles. The van der Waals surface area contributed by atoms with Crippen LogP contribution in [0.3, 0.4) is 0 Å². The summed E-state index contributed by atoms with van der Waals surface area (Å²) >= 11 is 6.09. The zero-order valence-electron chi connectivity index (χ0n) is 13.0. The highest BCUT2D eigenvalue weighted by Crippen LogP contribution is 2.25. The van der Waals surface area contributed by atoms with Crippen molar-refractivity contribution in [3.8, 4) is 0 Å². The number of halogens is 1. The van der Waals surface area contributed by atoms with Gasteiger partial charge in [0.05, 0.1) is 24.4 Å². The van der Waals surface area contributed by atoms with Gasteiger partial charge in [0.25, 0.3) is 5.91 Å². The van der Waals surface area contributed by atoms with Crippen LogP contribution < -0.4 is 0 Å². The molecule has 120 valence electrons. The van der Waals surface area contributed by atoms with Crippen LogP contribution in [0.5, 0.6) is 0 Å². The summed E-state index contributed by atoms with van der Waals surface area (Å²) in [6.45, 7) is 8.83. The number of morpholine rings is 1. The maximum atomic E-state index is 12.7. The summed E-state index contributed by atoms with van der Waals surface area (Å²) in [5.41, 5.74) is 0.309. The lowest BCUT2D eigenvalue weighted by Gasteiger charge is -2.33. The zero-order chi connectivity index (χ0) is 15.7. The van der Waals surface area contributed by atoms with Gasteiger partial charge in [0.2, 0.25) is 0 Å². The smallest absolute Gasteiger partial charge is 0.274 e. The van der Waals surface area contributed by atoms with E-state index in [0.717, 1.165) is 39.4 Å². The first-order valence-corrected chi connectivity index (χ1v) is 8.04. The molecule has 1 aromatic rings. The van der Waals surface area contributed by atoms with Crippen molar-refractivity contribution in [1.82, 2.24) is 19.8 Å². The third-order valence-electron chi connectivity index (χ3n) is 4.44. The van der Waals surface area contributed by atoms with Crippen LogP contribution in [0.25, 0.3) is 0 Å². The summed E-state index contributed by atoms with van der Waals surface area (Å²) in [5, 5.41) is 0.318. The highest BCUT2D eigenvalue weighted by molar-refractivity contribution is 6.33. The second kappa shape index (κ2) is 6.48. The van der Waals surface area contributed by atoms with Crippen LogP contribution in [-0.4, -0.2) is 71.1 Å². The number of nitrogens with zero attached hydrogens (tertiary/aromatic N) is 4. The molecule has 0 radical (unpaired) electrons. The minimum atomic E-state index is -0.0990. The summed E-state index contributed by atoms with van der Waals surface area (Å²) in [6.07, 6.45) is 1.50. The largest absolute Gasteiger partial charge is 0.379 e. The van der Waals surface area contributed by atoms with Crippen LogP contribution in [0.1, 0.15) is 23.2 Å². The van der Waals surface area contributed by atoms with Crippen molar-refractivity contribution in [3.05, 3.63) is 22.7 Å². The second-order valence-corrected chi connectivity index (χ2v) is 6.42. The number of aromatic nitrogens is 2. The first-order chi connectivity index (χ1) is 10.6. The van der Waals surface area contributed by atoms with E-state index in [1.165, 1.54) is 6.20 Å². The maximum Gasteiger partial charge on any atom is 0.274 e. The Bertz CT molecular complexity index is 562. The molecule has 2 aliphatic rings. The molecular weight excluding hydrogens is 304 g/mol. The van der Waals surface area contributed by atoms with E-state index in [-0.39, 0.29) is 5.91 Å². The molecule has 6 nitrogen and oxygen atoms in total. The van der Waals surface area contributed by atoms with Gasteiger partial charge in [0.1, 0.15) is 5.82 Å². The number of carbonyl (C=O) groups excluding carboxylic acids is 1. The van der Waals surface area contributed by atoms with Gasteiger partial charge in [0, 0.05) is 32.2 Å². The third-order valence-corrected chi connectivity index (χ3v) is 4.72.